The predicted molar refractivity (Wildman–Crippen MR) is 73.1 cm³/mol. The monoisotopic (exact) mass is 257 g/mol. The van der Waals surface area contributed by atoms with Gasteiger partial charge in [-0.05, 0) is 30.2 Å². The molecule has 5 heteroatoms. The normalized spacial score (nSPS) is 10.2. The number of primary amides is 1. The van der Waals surface area contributed by atoms with Gasteiger partial charge in [-0.3, -0.25) is 4.79 Å². The summed E-state index contributed by atoms with van der Waals surface area (Å²) in [6.45, 7) is 2.07. The number of nitrogen functional groups attached to an aromatic ring is 1. The number of amides is 1. The van der Waals surface area contributed by atoms with Gasteiger partial charge in [0.1, 0.15) is 11.3 Å². The molecule has 0 unspecified atom stereocenters. The lowest BCUT2D eigenvalue weighted by atomic mass is 10.2. The maximum Gasteiger partial charge on any atom is 0.254 e. The van der Waals surface area contributed by atoms with Crippen LogP contribution in [0, 0.1) is 0 Å². The predicted octanol–water partition coefficient (Wildman–Crippen LogP) is 2.12. The van der Waals surface area contributed by atoms with Crippen LogP contribution in [-0.2, 0) is 6.42 Å². The Hall–Kier alpha value is -2.56. The van der Waals surface area contributed by atoms with E-state index in [9.17, 15) is 4.79 Å². The molecule has 1 amide bonds. The van der Waals surface area contributed by atoms with E-state index in [1.54, 1.807) is 0 Å². The van der Waals surface area contributed by atoms with Crippen LogP contribution >= 0.6 is 0 Å². The van der Waals surface area contributed by atoms with E-state index in [1.807, 2.05) is 24.3 Å². The molecule has 1 aromatic carbocycles. The quantitative estimate of drug-likeness (QED) is 0.877. The van der Waals surface area contributed by atoms with Crippen molar-refractivity contribution in [2.24, 2.45) is 5.73 Å². The van der Waals surface area contributed by atoms with Gasteiger partial charge in [-0.1, -0.05) is 19.1 Å². The lowest BCUT2D eigenvalue weighted by Gasteiger charge is -2.09. The van der Waals surface area contributed by atoms with Gasteiger partial charge >= 0.3 is 0 Å². The van der Waals surface area contributed by atoms with Gasteiger partial charge in [-0.25, -0.2) is 4.98 Å². The Morgan fingerprint density at radius 2 is 2.00 bits per heavy atom. The molecular formula is C14H15N3O2. The molecule has 0 atom stereocenters. The minimum absolute atomic E-state index is 0.158. The summed E-state index contributed by atoms with van der Waals surface area (Å²) in [6, 6.07) is 9.00. The van der Waals surface area contributed by atoms with E-state index >= 15 is 0 Å². The van der Waals surface area contributed by atoms with Gasteiger partial charge in [0, 0.05) is 0 Å². The van der Waals surface area contributed by atoms with Crippen molar-refractivity contribution in [3.63, 3.8) is 0 Å². The number of carbonyl (C=O) groups excluding carboxylic acids is 1. The molecule has 0 saturated carbocycles. The summed E-state index contributed by atoms with van der Waals surface area (Å²) in [7, 11) is 0. The summed E-state index contributed by atoms with van der Waals surface area (Å²) < 4.78 is 5.56. The van der Waals surface area contributed by atoms with Crippen LogP contribution in [0.25, 0.3) is 0 Å². The number of hydrogen-bond acceptors (Lipinski definition) is 4. The second-order valence-electron chi connectivity index (χ2n) is 4.09. The molecule has 0 aliphatic heterocycles. The average Bonchev–Trinajstić information content (AvgIpc) is 2.41. The largest absolute Gasteiger partial charge is 0.438 e. The highest BCUT2D eigenvalue weighted by Gasteiger charge is 2.12. The first kappa shape index (κ1) is 12.9. The van der Waals surface area contributed by atoms with Crippen molar-refractivity contribution >= 4 is 11.6 Å². The fraction of sp³-hybridized carbons (Fsp3) is 0.143. The first-order valence-corrected chi connectivity index (χ1v) is 5.92. The zero-order valence-electron chi connectivity index (χ0n) is 10.6. The van der Waals surface area contributed by atoms with Gasteiger partial charge in [0.2, 0.25) is 5.88 Å². The van der Waals surface area contributed by atoms with Crippen molar-refractivity contribution in [2.45, 2.75) is 13.3 Å². The zero-order chi connectivity index (χ0) is 13.8. The summed E-state index contributed by atoms with van der Waals surface area (Å²) in [6.07, 6.45) is 2.37. The number of aryl methyl sites for hydroxylation is 1. The lowest BCUT2D eigenvalue weighted by molar-refractivity contribution is 0.0997. The number of pyridine rings is 1. The van der Waals surface area contributed by atoms with Gasteiger partial charge < -0.3 is 16.2 Å². The minimum Gasteiger partial charge on any atom is -0.438 e. The van der Waals surface area contributed by atoms with Gasteiger partial charge in [0.25, 0.3) is 5.91 Å². The van der Waals surface area contributed by atoms with E-state index in [0.29, 0.717) is 11.4 Å². The molecule has 1 aromatic heterocycles. The van der Waals surface area contributed by atoms with Crippen molar-refractivity contribution in [2.75, 3.05) is 5.73 Å². The highest BCUT2D eigenvalue weighted by Crippen LogP contribution is 2.24. The fourth-order valence-corrected chi connectivity index (χ4v) is 1.63. The molecule has 0 aliphatic rings. The van der Waals surface area contributed by atoms with Crippen molar-refractivity contribution in [1.29, 1.82) is 0 Å². The molecule has 98 valence electrons. The molecular weight excluding hydrogens is 242 g/mol. The Kier molecular flexibility index (Phi) is 3.66. The van der Waals surface area contributed by atoms with Gasteiger partial charge in [0.15, 0.2) is 0 Å². The number of anilines is 1. The van der Waals surface area contributed by atoms with Crippen molar-refractivity contribution in [1.82, 2.24) is 4.98 Å². The second-order valence-corrected chi connectivity index (χ2v) is 4.09. The molecule has 0 fully saturated rings. The molecule has 0 radical (unpaired) electrons. The van der Waals surface area contributed by atoms with Crippen LogP contribution in [0.15, 0.2) is 36.5 Å². The topological polar surface area (TPSA) is 91.2 Å². The first-order valence-electron chi connectivity index (χ1n) is 5.92. The van der Waals surface area contributed by atoms with E-state index in [0.717, 1.165) is 6.42 Å². The van der Waals surface area contributed by atoms with Gasteiger partial charge in [0.05, 0.1) is 11.9 Å². The number of aromatic nitrogens is 1. The third kappa shape index (κ3) is 3.01. The Labute approximate surface area is 111 Å². The highest BCUT2D eigenvalue weighted by atomic mass is 16.5. The average molecular weight is 257 g/mol. The fourth-order valence-electron chi connectivity index (χ4n) is 1.63. The van der Waals surface area contributed by atoms with Crippen molar-refractivity contribution in [3.8, 4) is 11.6 Å². The third-order valence-electron chi connectivity index (χ3n) is 2.68. The summed E-state index contributed by atoms with van der Waals surface area (Å²) in [5, 5.41) is 0. The maximum absolute atomic E-state index is 11.3. The molecule has 2 aromatic rings. The number of nitrogens with zero attached hydrogens (tertiary/aromatic N) is 1. The number of hydrogen-bond donors (Lipinski definition) is 2. The van der Waals surface area contributed by atoms with Crippen molar-refractivity contribution < 1.29 is 9.53 Å². The zero-order valence-corrected chi connectivity index (χ0v) is 10.6. The Morgan fingerprint density at radius 3 is 2.58 bits per heavy atom. The van der Waals surface area contributed by atoms with E-state index in [2.05, 4.69) is 11.9 Å². The third-order valence-corrected chi connectivity index (χ3v) is 2.68. The van der Waals surface area contributed by atoms with Gasteiger partial charge in [-0.2, -0.15) is 0 Å². The summed E-state index contributed by atoms with van der Waals surface area (Å²) in [5.74, 6) is 0.128. The van der Waals surface area contributed by atoms with Crippen LogP contribution in [0.2, 0.25) is 0 Å². The van der Waals surface area contributed by atoms with E-state index < -0.39 is 5.91 Å². The summed E-state index contributed by atoms with van der Waals surface area (Å²) in [4.78, 5) is 15.3. The molecule has 0 saturated heterocycles. The van der Waals surface area contributed by atoms with Crippen LogP contribution in [0.1, 0.15) is 22.8 Å². The van der Waals surface area contributed by atoms with Gasteiger partial charge in [-0.15, -0.1) is 0 Å². The van der Waals surface area contributed by atoms with E-state index in [-0.39, 0.29) is 11.4 Å². The Balaban J connectivity index is 2.29. The molecule has 19 heavy (non-hydrogen) atoms. The van der Waals surface area contributed by atoms with Crippen molar-refractivity contribution in [3.05, 3.63) is 47.7 Å². The number of ether oxygens (including phenoxy) is 1. The van der Waals surface area contributed by atoms with Crippen LogP contribution in [0.3, 0.4) is 0 Å². The number of carbonyl (C=O) groups is 1. The number of nitrogens with two attached hydrogens (primary N) is 2. The van der Waals surface area contributed by atoms with Crippen LogP contribution in [-0.4, -0.2) is 10.9 Å². The molecule has 0 spiro atoms. The molecule has 2 rings (SSSR count). The van der Waals surface area contributed by atoms with Crippen LogP contribution in [0.5, 0.6) is 11.6 Å². The van der Waals surface area contributed by atoms with Crippen LogP contribution < -0.4 is 16.2 Å². The molecule has 4 N–H and O–H groups in total. The SMILES string of the molecule is CCc1ccc(Oc2ncc(N)cc2C(N)=O)cc1. The summed E-state index contributed by atoms with van der Waals surface area (Å²) >= 11 is 0. The molecule has 5 nitrogen and oxygen atoms in total. The molecule has 1 heterocycles. The molecule has 0 bridgehead atoms. The number of rotatable bonds is 4. The van der Waals surface area contributed by atoms with Crippen LogP contribution in [0.4, 0.5) is 5.69 Å². The van der Waals surface area contributed by atoms with E-state index in [4.69, 9.17) is 16.2 Å². The Morgan fingerprint density at radius 1 is 1.32 bits per heavy atom. The number of benzene rings is 1. The lowest BCUT2D eigenvalue weighted by Crippen LogP contribution is -2.13. The molecule has 0 aliphatic carbocycles. The standard InChI is InChI=1S/C14H15N3O2/c1-2-9-3-5-11(6-4-9)19-14-12(13(16)18)7-10(15)8-17-14/h3-8H,2,15H2,1H3,(H2,16,18). The maximum atomic E-state index is 11.3. The Bertz CT molecular complexity index is 594. The highest BCUT2D eigenvalue weighted by molar-refractivity contribution is 5.95. The summed E-state index contributed by atoms with van der Waals surface area (Å²) in [5.41, 5.74) is 12.6. The first-order chi connectivity index (χ1) is 9.10. The smallest absolute Gasteiger partial charge is 0.254 e. The second kappa shape index (κ2) is 5.39. The minimum atomic E-state index is -0.625. The van der Waals surface area contributed by atoms with E-state index in [1.165, 1.54) is 17.8 Å².